The molecule has 0 aliphatic carbocycles. The first-order chi connectivity index (χ1) is 7.65. The number of methoxy groups -OCH3 is 2. The number of rotatable bonds is 6. The van der Waals surface area contributed by atoms with Gasteiger partial charge in [-0.3, -0.25) is 0 Å². The lowest BCUT2D eigenvalue weighted by molar-refractivity contribution is 0.188. The van der Waals surface area contributed by atoms with Crippen LogP contribution in [0.1, 0.15) is 13.3 Å². The van der Waals surface area contributed by atoms with Crippen LogP contribution in [0.3, 0.4) is 0 Å². The van der Waals surface area contributed by atoms with E-state index in [1.807, 2.05) is 0 Å². The molecule has 1 atom stereocenters. The van der Waals surface area contributed by atoms with Crippen molar-refractivity contribution in [1.82, 2.24) is 9.97 Å². The highest BCUT2D eigenvalue weighted by Crippen LogP contribution is 2.17. The quantitative estimate of drug-likeness (QED) is 0.744. The van der Waals surface area contributed by atoms with E-state index >= 15 is 0 Å². The monoisotopic (exact) mass is 227 g/mol. The third kappa shape index (κ3) is 3.90. The zero-order valence-electron chi connectivity index (χ0n) is 9.73. The maximum Gasteiger partial charge on any atom is 0.229 e. The highest BCUT2D eigenvalue weighted by molar-refractivity contribution is 5.33. The SMILES string of the molecule is COc1cc(OC)nc(NCCC(C)O)n1. The maximum atomic E-state index is 9.10. The van der Waals surface area contributed by atoms with Crippen molar-refractivity contribution in [3.63, 3.8) is 0 Å². The van der Waals surface area contributed by atoms with Gasteiger partial charge in [-0.1, -0.05) is 0 Å². The molecule has 0 aliphatic heterocycles. The molecule has 1 aromatic rings. The third-order valence-electron chi connectivity index (χ3n) is 1.94. The molecular weight excluding hydrogens is 210 g/mol. The van der Waals surface area contributed by atoms with Crippen molar-refractivity contribution in [3.05, 3.63) is 6.07 Å². The van der Waals surface area contributed by atoms with Crippen molar-refractivity contribution < 1.29 is 14.6 Å². The van der Waals surface area contributed by atoms with E-state index in [1.165, 1.54) is 14.2 Å². The molecule has 0 bridgehead atoms. The number of aliphatic hydroxyl groups is 1. The molecule has 0 aromatic carbocycles. The average molecular weight is 227 g/mol. The Kier molecular flexibility index (Phi) is 4.78. The largest absolute Gasteiger partial charge is 0.481 e. The van der Waals surface area contributed by atoms with Crippen LogP contribution in [0.15, 0.2) is 6.07 Å². The Morgan fingerprint density at radius 2 is 1.88 bits per heavy atom. The minimum absolute atomic E-state index is 0.347. The summed E-state index contributed by atoms with van der Waals surface area (Å²) in [6, 6.07) is 1.60. The van der Waals surface area contributed by atoms with E-state index in [0.717, 1.165) is 0 Å². The fourth-order valence-electron chi connectivity index (χ4n) is 1.08. The van der Waals surface area contributed by atoms with Crippen molar-refractivity contribution >= 4 is 5.95 Å². The van der Waals surface area contributed by atoms with Gasteiger partial charge in [0, 0.05) is 6.54 Å². The normalized spacial score (nSPS) is 12.0. The van der Waals surface area contributed by atoms with Crippen LogP contribution in [0.25, 0.3) is 0 Å². The summed E-state index contributed by atoms with van der Waals surface area (Å²) in [7, 11) is 3.06. The van der Waals surface area contributed by atoms with Crippen LogP contribution in [0.4, 0.5) is 5.95 Å². The van der Waals surface area contributed by atoms with Gasteiger partial charge >= 0.3 is 0 Å². The van der Waals surface area contributed by atoms with Crippen molar-refractivity contribution in [1.29, 1.82) is 0 Å². The summed E-state index contributed by atoms with van der Waals surface area (Å²) in [6.45, 7) is 2.32. The summed E-state index contributed by atoms with van der Waals surface area (Å²) < 4.78 is 10.0. The first kappa shape index (κ1) is 12.5. The molecule has 1 rings (SSSR count). The number of aliphatic hydroxyl groups excluding tert-OH is 1. The average Bonchev–Trinajstić information content (AvgIpc) is 2.28. The van der Waals surface area contributed by atoms with Gasteiger partial charge in [-0.2, -0.15) is 9.97 Å². The summed E-state index contributed by atoms with van der Waals surface area (Å²) in [6.07, 6.45) is 0.281. The van der Waals surface area contributed by atoms with E-state index in [-0.39, 0.29) is 6.10 Å². The van der Waals surface area contributed by atoms with Gasteiger partial charge in [-0.05, 0) is 13.3 Å². The van der Waals surface area contributed by atoms with Gasteiger partial charge in [0.15, 0.2) is 0 Å². The molecule has 1 unspecified atom stereocenters. The second-order valence-electron chi connectivity index (χ2n) is 3.34. The summed E-state index contributed by atoms with van der Waals surface area (Å²) >= 11 is 0. The van der Waals surface area contributed by atoms with Crippen molar-refractivity contribution in [2.24, 2.45) is 0 Å². The number of anilines is 1. The minimum atomic E-state index is -0.347. The van der Waals surface area contributed by atoms with Crippen molar-refractivity contribution in [2.45, 2.75) is 19.4 Å². The standard InChI is InChI=1S/C10H17N3O3/c1-7(14)4-5-11-10-12-8(15-2)6-9(13-10)16-3/h6-7,14H,4-5H2,1-3H3,(H,11,12,13). The maximum absolute atomic E-state index is 9.10. The number of nitrogens with zero attached hydrogens (tertiary/aromatic N) is 2. The number of aromatic nitrogens is 2. The van der Waals surface area contributed by atoms with Gasteiger partial charge < -0.3 is 19.9 Å². The topological polar surface area (TPSA) is 76.5 Å². The van der Waals surface area contributed by atoms with Gasteiger partial charge in [0.2, 0.25) is 17.7 Å². The highest BCUT2D eigenvalue weighted by Gasteiger charge is 2.05. The minimum Gasteiger partial charge on any atom is -0.481 e. The van der Waals surface area contributed by atoms with E-state index in [4.69, 9.17) is 14.6 Å². The van der Waals surface area contributed by atoms with E-state index < -0.39 is 0 Å². The molecule has 0 aliphatic rings. The molecule has 6 nitrogen and oxygen atoms in total. The van der Waals surface area contributed by atoms with Crippen LogP contribution in [0, 0.1) is 0 Å². The summed E-state index contributed by atoms with van der Waals surface area (Å²) in [5.74, 6) is 1.30. The van der Waals surface area contributed by atoms with Gasteiger partial charge in [-0.15, -0.1) is 0 Å². The molecule has 1 heterocycles. The first-order valence-corrected chi connectivity index (χ1v) is 5.04. The lowest BCUT2D eigenvalue weighted by Crippen LogP contribution is -2.12. The van der Waals surface area contributed by atoms with E-state index in [1.54, 1.807) is 13.0 Å². The lowest BCUT2D eigenvalue weighted by Gasteiger charge is -2.09. The Morgan fingerprint density at radius 1 is 1.31 bits per heavy atom. The second kappa shape index (κ2) is 6.12. The molecular formula is C10H17N3O3. The van der Waals surface area contributed by atoms with Gasteiger partial charge in [0.25, 0.3) is 0 Å². The fraction of sp³-hybridized carbons (Fsp3) is 0.600. The highest BCUT2D eigenvalue weighted by atomic mass is 16.5. The van der Waals surface area contributed by atoms with E-state index in [0.29, 0.717) is 30.7 Å². The Hall–Kier alpha value is -1.56. The Balaban J connectivity index is 2.64. The second-order valence-corrected chi connectivity index (χ2v) is 3.34. The van der Waals surface area contributed by atoms with Crippen LogP contribution < -0.4 is 14.8 Å². The molecule has 1 aromatic heterocycles. The van der Waals surface area contributed by atoms with Crippen molar-refractivity contribution in [3.8, 4) is 11.8 Å². The smallest absolute Gasteiger partial charge is 0.229 e. The predicted octanol–water partition coefficient (Wildman–Crippen LogP) is 0.677. The lowest BCUT2D eigenvalue weighted by atomic mass is 10.3. The Bertz CT molecular complexity index is 309. The first-order valence-electron chi connectivity index (χ1n) is 5.04. The molecule has 0 fully saturated rings. The fourth-order valence-corrected chi connectivity index (χ4v) is 1.08. The summed E-state index contributed by atoms with van der Waals surface area (Å²) in [5, 5.41) is 12.1. The number of ether oxygens (including phenoxy) is 2. The number of hydrogen-bond donors (Lipinski definition) is 2. The molecule has 2 N–H and O–H groups in total. The van der Waals surface area contributed by atoms with Gasteiger partial charge in [-0.25, -0.2) is 0 Å². The number of nitrogens with one attached hydrogen (secondary N) is 1. The van der Waals surface area contributed by atoms with Crippen LogP contribution in [0.2, 0.25) is 0 Å². The van der Waals surface area contributed by atoms with E-state index in [2.05, 4.69) is 15.3 Å². The van der Waals surface area contributed by atoms with Gasteiger partial charge in [0.05, 0.1) is 26.4 Å². The Labute approximate surface area is 94.6 Å². The molecule has 0 radical (unpaired) electrons. The third-order valence-corrected chi connectivity index (χ3v) is 1.94. The molecule has 0 spiro atoms. The predicted molar refractivity (Wildman–Crippen MR) is 59.9 cm³/mol. The Morgan fingerprint density at radius 3 is 2.31 bits per heavy atom. The molecule has 6 heteroatoms. The molecule has 90 valence electrons. The number of hydrogen-bond acceptors (Lipinski definition) is 6. The van der Waals surface area contributed by atoms with E-state index in [9.17, 15) is 0 Å². The summed E-state index contributed by atoms with van der Waals surface area (Å²) in [5.41, 5.74) is 0. The molecule has 0 saturated heterocycles. The van der Waals surface area contributed by atoms with Crippen molar-refractivity contribution in [2.75, 3.05) is 26.1 Å². The molecule has 16 heavy (non-hydrogen) atoms. The van der Waals surface area contributed by atoms with Crippen LogP contribution in [0.5, 0.6) is 11.8 Å². The van der Waals surface area contributed by atoms with Crippen LogP contribution >= 0.6 is 0 Å². The van der Waals surface area contributed by atoms with Gasteiger partial charge in [0.1, 0.15) is 0 Å². The molecule has 0 amide bonds. The zero-order valence-corrected chi connectivity index (χ0v) is 9.73. The zero-order chi connectivity index (χ0) is 12.0. The molecule has 0 saturated carbocycles. The summed E-state index contributed by atoms with van der Waals surface area (Å²) in [4.78, 5) is 8.18. The van der Waals surface area contributed by atoms with Crippen LogP contribution in [-0.2, 0) is 0 Å². The van der Waals surface area contributed by atoms with Crippen LogP contribution in [-0.4, -0.2) is 41.9 Å².